The Morgan fingerprint density at radius 3 is 2.54 bits per heavy atom. The summed E-state index contributed by atoms with van der Waals surface area (Å²) in [7, 11) is 3.22. The van der Waals surface area contributed by atoms with Gasteiger partial charge in [-0.05, 0) is 31.0 Å². The molecule has 1 aliphatic heterocycles. The maximum absolute atomic E-state index is 5.83. The van der Waals surface area contributed by atoms with Gasteiger partial charge in [0.2, 0.25) is 0 Å². The van der Waals surface area contributed by atoms with Crippen LogP contribution in [0.15, 0.2) is 29.8 Å². The largest absolute Gasteiger partial charge is 0.396 e. The molecule has 0 N–H and O–H groups in total. The molecule has 6 heteroatoms. The van der Waals surface area contributed by atoms with Crippen molar-refractivity contribution in [2.24, 2.45) is 0 Å². The predicted molar refractivity (Wildman–Crippen MR) is 103 cm³/mol. The predicted octanol–water partition coefficient (Wildman–Crippen LogP) is 4.93. The van der Waals surface area contributed by atoms with Crippen molar-refractivity contribution >= 4 is 30.1 Å². The highest BCUT2D eigenvalue weighted by Gasteiger charge is 2.58. The molecule has 0 spiro atoms. The first-order chi connectivity index (χ1) is 11.7. The standard InChI is InChI=1S/C11H24O3Si.C7H5NS/c1-5-8-11(12-2)9-6-7-10-15(11,13-3)14-4;1-2-4-7-6(3-1)8-5-9-7/h5-10H2,1-4H3;1-5H. The number of rotatable bonds is 5. The smallest absolute Gasteiger partial charge is 0.370 e. The number of benzene rings is 1. The minimum absolute atomic E-state index is 0.122. The molecule has 3 rings (SSSR count). The van der Waals surface area contributed by atoms with Gasteiger partial charge in [0.05, 0.1) is 15.7 Å². The monoisotopic (exact) mass is 367 g/mol. The van der Waals surface area contributed by atoms with E-state index in [-0.39, 0.29) is 5.22 Å². The number of hydrogen-bond donors (Lipinski definition) is 0. The van der Waals surface area contributed by atoms with Crippen molar-refractivity contribution in [1.29, 1.82) is 0 Å². The van der Waals surface area contributed by atoms with Gasteiger partial charge in [0, 0.05) is 21.3 Å². The van der Waals surface area contributed by atoms with Gasteiger partial charge in [0.1, 0.15) is 5.22 Å². The molecule has 1 unspecified atom stereocenters. The fourth-order valence-corrected chi connectivity index (χ4v) is 8.40. The van der Waals surface area contributed by atoms with E-state index >= 15 is 0 Å². The van der Waals surface area contributed by atoms with Crippen LogP contribution in [-0.2, 0) is 13.6 Å². The van der Waals surface area contributed by atoms with E-state index in [9.17, 15) is 0 Å². The number of nitrogens with zero attached hydrogens (tertiary/aromatic N) is 1. The topological polar surface area (TPSA) is 40.6 Å². The molecule has 0 saturated carbocycles. The van der Waals surface area contributed by atoms with Crippen molar-refractivity contribution in [2.45, 2.75) is 50.3 Å². The zero-order valence-corrected chi connectivity index (χ0v) is 17.0. The second kappa shape index (κ2) is 9.06. The average Bonchev–Trinajstić information content (AvgIpc) is 3.11. The van der Waals surface area contributed by atoms with Crippen LogP contribution in [-0.4, -0.2) is 40.1 Å². The van der Waals surface area contributed by atoms with Crippen molar-refractivity contribution in [1.82, 2.24) is 4.98 Å². The number of fused-ring (bicyclic) bond motifs is 1. The molecule has 134 valence electrons. The summed E-state index contributed by atoms with van der Waals surface area (Å²) in [5.41, 5.74) is 2.97. The summed E-state index contributed by atoms with van der Waals surface area (Å²) < 4.78 is 18.6. The Kier molecular flexibility index (Phi) is 7.37. The average molecular weight is 368 g/mol. The molecular formula is C18H29NO3SSi. The lowest BCUT2D eigenvalue weighted by molar-refractivity contribution is -0.0149. The highest BCUT2D eigenvalue weighted by atomic mass is 32.1. The highest BCUT2D eigenvalue weighted by molar-refractivity contribution is 7.16. The summed E-state index contributed by atoms with van der Waals surface area (Å²) in [6, 6.07) is 9.19. The molecule has 1 aromatic heterocycles. The Balaban J connectivity index is 0.000000194. The molecule has 1 aromatic carbocycles. The molecule has 0 bridgehead atoms. The van der Waals surface area contributed by atoms with Crippen LogP contribution >= 0.6 is 11.3 Å². The van der Waals surface area contributed by atoms with Gasteiger partial charge in [0.25, 0.3) is 0 Å². The Bertz CT molecular complexity index is 583. The number of thiazole rings is 1. The molecule has 0 aliphatic carbocycles. The van der Waals surface area contributed by atoms with E-state index in [4.69, 9.17) is 13.6 Å². The van der Waals surface area contributed by atoms with Crippen LogP contribution in [0.25, 0.3) is 10.2 Å². The second-order valence-electron chi connectivity index (χ2n) is 6.14. The molecule has 0 amide bonds. The molecule has 1 fully saturated rings. The summed E-state index contributed by atoms with van der Waals surface area (Å²) in [6.45, 7) is 2.19. The van der Waals surface area contributed by atoms with Gasteiger partial charge in [0.15, 0.2) is 0 Å². The molecular weight excluding hydrogens is 338 g/mol. The van der Waals surface area contributed by atoms with Gasteiger partial charge in [-0.3, -0.25) is 0 Å². The van der Waals surface area contributed by atoms with Crippen LogP contribution in [0, 0.1) is 0 Å². The molecule has 1 atom stereocenters. The normalized spacial score (nSPS) is 22.8. The van der Waals surface area contributed by atoms with Crippen molar-refractivity contribution in [2.75, 3.05) is 21.3 Å². The van der Waals surface area contributed by atoms with E-state index in [1.54, 1.807) is 32.7 Å². The van der Waals surface area contributed by atoms with Gasteiger partial charge < -0.3 is 13.6 Å². The number of methoxy groups -OCH3 is 1. The zero-order valence-electron chi connectivity index (χ0n) is 15.2. The summed E-state index contributed by atoms with van der Waals surface area (Å²) in [5.74, 6) is 0. The number of ether oxygens (including phenoxy) is 1. The zero-order chi connectivity index (χ0) is 17.5. The number of para-hydroxylation sites is 1. The van der Waals surface area contributed by atoms with E-state index in [2.05, 4.69) is 18.0 Å². The molecule has 4 nitrogen and oxygen atoms in total. The first-order valence-corrected chi connectivity index (χ1v) is 11.5. The van der Waals surface area contributed by atoms with E-state index < -0.39 is 8.56 Å². The maximum atomic E-state index is 5.83. The van der Waals surface area contributed by atoms with Crippen molar-refractivity contribution in [3.63, 3.8) is 0 Å². The fraction of sp³-hybridized carbons (Fsp3) is 0.611. The van der Waals surface area contributed by atoms with Crippen molar-refractivity contribution in [3.8, 4) is 0 Å². The lowest BCUT2D eigenvalue weighted by Gasteiger charge is -2.47. The lowest BCUT2D eigenvalue weighted by Crippen LogP contribution is -2.64. The van der Waals surface area contributed by atoms with Gasteiger partial charge in [-0.25, -0.2) is 4.98 Å². The van der Waals surface area contributed by atoms with Crippen molar-refractivity contribution in [3.05, 3.63) is 29.8 Å². The van der Waals surface area contributed by atoms with Crippen LogP contribution < -0.4 is 0 Å². The first-order valence-electron chi connectivity index (χ1n) is 8.60. The van der Waals surface area contributed by atoms with E-state index in [0.717, 1.165) is 30.8 Å². The summed E-state index contributed by atoms with van der Waals surface area (Å²) in [5, 5.41) is -0.122. The van der Waals surface area contributed by atoms with Gasteiger partial charge in [-0.2, -0.15) is 0 Å². The molecule has 24 heavy (non-hydrogen) atoms. The van der Waals surface area contributed by atoms with Crippen LogP contribution in [0.4, 0.5) is 0 Å². The quantitative estimate of drug-likeness (QED) is 0.703. The summed E-state index contributed by atoms with van der Waals surface area (Å²) >= 11 is 1.68. The number of hydrogen-bond acceptors (Lipinski definition) is 5. The molecule has 1 aliphatic rings. The molecule has 2 aromatic rings. The SMILES string of the molecule is CCCC1(OC)CCCC[Si]1(OC)OC.c1ccc2scnc2c1. The van der Waals surface area contributed by atoms with E-state index in [1.165, 1.54) is 17.5 Å². The third-order valence-electron chi connectivity index (χ3n) is 4.97. The molecule has 2 heterocycles. The Labute approximate surface area is 150 Å². The Hall–Kier alpha value is -0.793. The maximum Gasteiger partial charge on any atom is 0.370 e. The molecule has 1 saturated heterocycles. The van der Waals surface area contributed by atoms with Gasteiger partial charge >= 0.3 is 8.56 Å². The third kappa shape index (κ3) is 3.89. The summed E-state index contributed by atoms with van der Waals surface area (Å²) in [6.07, 6.45) is 5.70. The van der Waals surface area contributed by atoms with Crippen LogP contribution in [0.2, 0.25) is 6.04 Å². The third-order valence-corrected chi connectivity index (χ3v) is 10.2. The van der Waals surface area contributed by atoms with Crippen LogP contribution in [0.3, 0.4) is 0 Å². The van der Waals surface area contributed by atoms with Gasteiger partial charge in [-0.15, -0.1) is 11.3 Å². The van der Waals surface area contributed by atoms with E-state index in [0.29, 0.717) is 0 Å². The number of aromatic nitrogens is 1. The first kappa shape index (κ1) is 19.5. The fourth-order valence-electron chi connectivity index (χ4n) is 3.73. The minimum Gasteiger partial charge on any atom is -0.396 e. The van der Waals surface area contributed by atoms with Crippen LogP contribution in [0.1, 0.15) is 39.0 Å². The second-order valence-corrected chi connectivity index (χ2v) is 10.8. The summed E-state index contributed by atoms with van der Waals surface area (Å²) in [4.78, 5) is 4.14. The van der Waals surface area contributed by atoms with Gasteiger partial charge in [-0.1, -0.05) is 38.3 Å². The lowest BCUT2D eigenvalue weighted by atomic mass is 10.1. The molecule has 0 radical (unpaired) electrons. The Morgan fingerprint density at radius 1 is 1.17 bits per heavy atom. The highest BCUT2D eigenvalue weighted by Crippen LogP contribution is 2.42. The Morgan fingerprint density at radius 2 is 1.92 bits per heavy atom. The van der Waals surface area contributed by atoms with Crippen LogP contribution in [0.5, 0.6) is 0 Å². The van der Waals surface area contributed by atoms with Crippen molar-refractivity contribution < 1.29 is 13.6 Å². The van der Waals surface area contributed by atoms with E-state index in [1.807, 2.05) is 23.7 Å². The minimum atomic E-state index is -2.15.